The smallest absolute Gasteiger partial charge is 0.274 e. The van der Waals surface area contributed by atoms with Crippen LogP contribution in [0.2, 0.25) is 0 Å². The van der Waals surface area contributed by atoms with E-state index in [4.69, 9.17) is 4.74 Å². The van der Waals surface area contributed by atoms with Crippen LogP contribution in [0.25, 0.3) is 0 Å². The second-order valence-corrected chi connectivity index (χ2v) is 5.83. The van der Waals surface area contributed by atoms with Gasteiger partial charge in [0.15, 0.2) is 0 Å². The molecule has 0 aromatic heterocycles. The largest absolute Gasteiger partial charge is 0.489 e. The predicted molar refractivity (Wildman–Crippen MR) is 102 cm³/mol. The first-order valence-corrected chi connectivity index (χ1v) is 8.18. The summed E-state index contributed by atoms with van der Waals surface area (Å²) >= 11 is 0. The maximum absolute atomic E-state index is 11.0. The van der Waals surface area contributed by atoms with Crippen LogP contribution in [0.15, 0.2) is 77.8 Å². The summed E-state index contributed by atoms with van der Waals surface area (Å²) < 4.78 is 5.75. The van der Waals surface area contributed by atoms with Crippen molar-refractivity contribution in [1.82, 2.24) is 0 Å². The molecule has 0 bridgehead atoms. The van der Waals surface area contributed by atoms with E-state index in [9.17, 15) is 10.1 Å². The molecule has 3 rings (SSSR count). The highest BCUT2D eigenvalue weighted by Crippen LogP contribution is 2.24. The molecule has 0 heterocycles. The standard InChI is InChI=1S/C21H18N2O3/c1-16-7-10-19(13-21(16)23(24)25)22-14-17-8-11-20(12-9-17)26-15-18-5-3-2-4-6-18/h2-14H,15H2,1H3. The van der Waals surface area contributed by atoms with Gasteiger partial charge < -0.3 is 4.74 Å². The molecule has 0 spiro atoms. The molecule has 5 nitrogen and oxygen atoms in total. The fourth-order valence-electron chi connectivity index (χ4n) is 2.41. The molecule has 0 saturated carbocycles. The van der Waals surface area contributed by atoms with Gasteiger partial charge in [-0.1, -0.05) is 36.4 Å². The zero-order valence-corrected chi connectivity index (χ0v) is 14.3. The van der Waals surface area contributed by atoms with Crippen LogP contribution in [0, 0.1) is 17.0 Å². The molecule has 0 N–H and O–H groups in total. The third-order valence-electron chi connectivity index (χ3n) is 3.88. The van der Waals surface area contributed by atoms with Crippen molar-refractivity contribution in [1.29, 1.82) is 0 Å². The Morgan fingerprint density at radius 2 is 1.77 bits per heavy atom. The molecule has 0 aliphatic rings. The van der Waals surface area contributed by atoms with E-state index in [2.05, 4.69) is 4.99 Å². The van der Waals surface area contributed by atoms with Gasteiger partial charge in [-0.3, -0.25) is 15.1 Å². The van der Waals surface area contributed by atoms with Crippen LogP contribution in [0.5, 0.6) is 5.75 Å². The van der Waals surface area contributed by atoms with Crippen molar-refractivity contribution in [2.24, 2.45) is 4.99 Å². The van der Waals surface area contributed by atoms with Crippen LogP contribution in [0.4, 0.5) is 11.4 Å². The second-order valence-electron chi connectivity index (χ2n) is 5.83. The topological polar surface area (TPSA) is 64.7 Å². The molecule has 0 saturated heterocycles. The Balaban J connectivity index is 1.64. The van der Waals surface area contributed by atoms with Crippen LogP contribution in [0.3, 0.4) is 0 Å². The zero-order valence-electron chi connectivity index (χ0n) is 14.3. The van der Waals surface area contributed by atoms with E-state index in [1.165, 1.54) is 6.07 Å². The van der Waals surface area contributed by atoms with Crippen LogP contribution < -0.4 is 4.74 Å². The van der Waals surface area contributed by atoms with Crippen LogP contribution in [-0.2, 0) is 6.61 Å². The van der Waals surface area contributed by atoms with Crippen molar-refractivity contribution >= 4 is 17.6 Å². The van der Waals surface area contributed by atoms with E-state index in [1.54, 1.807) is 25.3 Å². The van der Waals surface area contributed by atoms with E-state index < -0.39 is 4.92 Å². The van der Waals surface area contributed by atoms with E-state index >= 15 is 0 Å². The van der Waals surface area contributed by atoms with Gasteiger partial charge in [0.25, 0.3) is 5.69 Å². The molecule has 0 unspecified atom stereocenters. The van der Waals surface area contributed by atoms with Crippen molar-refractivity contribution in [3.63, 3.8) is 0 Å². The first kappa shape index (κ1) is 17.4. The van der Waals surface area contributed by atoms with Gasteiger partial charge in [-0.05, 0) is 48.4 Å². The highest BCUT2D eigenvalue weighted by molar-refractivity contribution is 5.82. The number of hydrogen-bond acceptors (Lipinski definition) is 4. The molecule has 0 aliphatic carbocycles. The summed E-state index contributed by atoms with van der Waals surface area (Å²) in [4.78, 5) is 14.9. The maximum atomic E-state index is 11.0. The first-order chi connectivity index (χ1) is 12.6. The molecule has 0 atom stereocenters. The van der Waals surface area contributed by atoms with Gasteiger partial charge in [-0.15, -0.1) is 0 Å². The maximum Gasteiger partial charge on any atom is 0.274 e. The van der Waals surface area contributed by atoms with E-state index in [0.717, 1.165) is 16.9 Å². The molecule has 0 aliphatic heterocycles. The van der Waals surface area contributed by atoms with Gasteiger partial charge in [0.05, 0.1) is 10.6 Å². The number of ether oxygens (including phenoxy) is 1. The number of aryl methyl sites for hydroxylation is 1. The number of aliphatic imine (C=N–C) groups is 1. The Bertz CT molecular complexity index is 920. The lowest BCUT2D eigenvalue weighted by molar-refractivity contribution is -0.385. The van der Waals surface area contributed by atoms with Crippen LogP contribution >= 0.6 is 0 Å². The predicted octanol–water partition coefficient (Wildman–Crippen LogP) is 5.23. The van der Waals surface area contributed by atoms with Crippen LogP contribution in [0.1, 0.15) is 16.7 Å². The lowest BCUT2D eigenvalue weighted by atomic mass is 10.2. The van der Waals surface area contributed by atoms with Crippen molar-refractivity contribution in [2.75, 3.05) is 0 Å². The molecule has 26 heavy (non-hydrogen) atoms. The molecular weight excluding hydrogens is 328 g/mol. The average Bonchev–Trinajstić information content (AvgIpc) is 2.67. The minimum atomic E-state index is -0.396. The Kier molecular flexibility index (Phi) is 5.39. The van der Waals surface area contributed by atoms with Crippen LogP contribution in [-0.4, -0.2) is 11.1 Å². The highest BCUT2D eigenvalue weighted by atomic mass is 16.6. The summed E-state index contributed by atoms with van der Waals surface area (Å²) in [7, 11) is 0. The molecule has 0 fully saturated rings. The summed E-state index contributed by atoms with van der Waals surface area (Å²) in [6.07, 6.45) is 1.68. The van der Waals surface area contributed by atoms with Gasteiger partial charge >= 0.3 is 0 Å². The molecule has 0 amide bonds. The van der Waals surface area contributed by atoms with Gasteiger partial charge in [0.1, 0.15) is 12.4 Å². The Labute approximate surface area is 151 Å². The Morgan fingerprint density at radius 1 is 1.04 bits per heavy atom. The number of rotatable bonds is 6. The van der Waals surface area contributed by atoms with Crippen molar-refractivity contribution in [3.8, 4) is 5.75 Å². The Morgan fingerprint density at radius 3 is 2.46 bits per heavy atom. The van der Waals surface area contributed by atoms with E-state index in [-0.39, 0.29) is 5.69 Å². The van der Waals surface area contributed by atoms with Crippen molar-refractivity contribution < 1.29 is 9.66 Å². The van der Waals surface area contributed by atoms with E-state index in [1.807, 2.05) is 54.6 Å². The molecule has 130 valence electrons. The first-order valence-electron chi connectivity index (χ1n) is 8.18. The summed E-state index contributed by atoms with van der Waals surface area (Å²) in [5, 5.41) is 11.0. The fourth-order valence-corrected chi connectivity index (χ4v) is 2.41. The average molecular weight is 346 g/mol. The van der Waals surface area contributed by atoms with Gasteiger partial charge in [-0.25, -0.2) is 0 Å². The summed E-state index contributed by atoms with van der Waals surface area (Å²) in [5.74, 6) is 0.775. The lowest BCUT2D eigenvalue weighted by Crippen LogP contribution is -1.95. The molecule has 3 aromatic rings. The zero-order chi connectivity index (χ0) is 18.4. The van der Waals surface area contributed by atoms with Gasteiger partial charge in [0, 0.05) is 17.8 Å². The van der Waals surface area contributed by atoms with E-state index in [0.29, 0.717) is 17.9 Å². The number of hydrogen-bond donors (Lipinski definition) is 0. The molecular formula is C21H18N2O3. The minimum absolute atomic E-state index is 0.0734. The molecule has 3 aromatic carbocycles. The number of nitro benzene ring substituents is 1. The summed E-state index contributed by atoms with van der Waals surface area (Å²) in [6, 6.07) is 22.4. The SMILES string of the molecule is Cc1ccc(N=Cc2ccc(OCc3ccccc3)cc2)cc1[N+](=O)[O-]. The molecule has 0 radical (unpaired) electrons. The number of nitro groups is 1. The third kappa shape index (κ3) is 4.54. The summed E-state index contributed by atoms with van der Waals surface area (Å²) in [6.45, 7) is 2.22. The third-order valence-corrected chi connectivity index (χ3v) is 3.88. The van der Waals surface area contributed by atoms with Gasteiger partial charge in [-0.2, -0.15) is 0 Å². The fraction of sp³-hybridized carbons (Fsp3) is 0.0952. The van der Waals surface area contributed by atoms with Gasteiger partial charge in [0.2, 0.25) is 0 Å². The summed E-state index contributed by atoms with van der Waals surface area (Å²) in [5.41, 5.74) is 3.24. The number of benzene rings is 3. The second kappa shape index (κ2) is 8.07. The monoisotopic (exact) mass is 346 g/mol. The van der Waals surface area contributed by atoms with Crippen molar-refractivity contribution in [2.45, 2.75) is 13.5 Å². The number of nitrogens with zero attached hydrogens (tertiary/aromatic N) is 2. The quantitative estimate of drug-likeness (QED) is 0.348. The minimum Gasteiger partial charge on any atom is -0.489 e. The Hall–Kier alpha value is -3.47. The van der Waals surface area contributed by atoms with Crippen molar-refractivity contribution in [3.05, 3.63) is 99.6 Å². The highest BCUT2D eigenvalue weighted by Gasteiger charge is 2.10. The normalized spacial score (nSPS) is 10.8. The lowest BCUT2D eigenvalue weighted by Gasteiger charge is -2.06. The molecule has 5 heteroatoms.